The second kappa shape index (κ2) is 7.17. The van der Waals surface area contributed by atoms with Crippen LogP contribution in [-0.4, -0.2) is 17.5 Å². The average molecular weight is 324 g/mol. The van der Waals surface area contributed by atoms with Crippen LogP contribution in [0.5, 0.6) is 5.75 Å². The Balaban J connectivity index is 1.62. The molecule has 124 valence electrons. The molecule has 3 aromatic rings. The van der Waals surface area contributed by atoms with Gasteiger partial charge in [-0.15, -0.1) is 0 Å². The molecule has 2 aromatic carbocycles. The monoisotopic (exact) mass is 324 g/mol. The summed E-state index contributed by atoms with van der Waals surface area (Å²) in [5.41, 5.74) is 3.36. The number of carbonyl (C=O) groups is 1. The van der Waals surface area contributed by atoms with Gasteiger partial charge in [0.15, 0.2) is 11.5 Å². The zero-order valence-electron chi connectivity index (χ0n) is 13.8. The van der Waals surface area contributed by atoms with Gasteiger partial charge >= 0.3 is 0 Å². The van der Waals surface area contributed by atoms with E-state index in [4.69, 9.17) is 9.15 Å². The normalized spacial score (nSPS) is 10.8. The van der Waals surface area contributed by atoms with Crippen molar-refractivity contribution in [3.8, 4) is 5.75 Å². The number of ether oxygens (including phenoxy) is 1. The van der Waals surface area contributed by atoms with E-state index in [-0.39, 0.29) is 5.91 Å². The molecule has 0 atom stereocenters. The van der Waals surface area contributed by atoms with Crippen LogP contribution in [0.1, 0.15) is 24.8 Å². The molecule has 0 aliphatic heterocycles. The lowest BCUT2D eigenvalue weighted by molar-refractivity contribution is -0.116. The van der Waals surface area contributed by atoms with E-state index in [1.165, 1.54) is 0 Å². The summed E-state index contributed by atoms with van der Waals surface area (Å²) in [6.07, 6.45) is 1.04. The van der Waals surface area contributed by atoms with Crippen molar-refractivity contribution >= 4 is 22.7 Å². The maximum Gasteiger partial charge on any atom is 0.224 e. The Morgan fingerprint density at radius 1 is 1.25 bits per heavy atom. The highest BCUT2D eigenvalue weighted by Crippen LogP contribution is 2.24. The number of hydrogen-bond donors (Lipinski definition) is 1. The summed E-state index contributed by atoms with van der Waals surface area (Å²) < 4.78 is 11.0. The molecule has 0 fully saturated rings. The maximum absolute atomic E-state index is 12.2. The summed E-state index contributed by atoms with van der Waals surface area (Å²) in [5, 5.41) is 2.91. The Morgan fingerprint density at radius 3 is 2.92 bits per heavy atom. The molecule has 1 N–H and O–H groups in total. The number of rotatable bonds is 6. The van der Waals surface area contributed by atoms with E-state index in [2.05, 4.69) is 10.3 Å². The van der Waals surface area contributed by atoms with Gasteiger partial charge in [-0.25, -0.2) is 4.98 Å². The number of aromatic nitrogens is 1. The number of aryl methyl sites for hydroxylation is 2. The number of anilines is 1. The minimum Gasteiger partial charge on any atom is -0.492 e. The predicted octanol–water partition coefficient (Wildman–Crippen LogP) is 4.11. The minimum atomic E-state index is -0.0430. The third kappa shape index (κ3) is 3.74. The van der Waals surface area contributed by atoms with E-state index in [9.17, 15) is 4.79 Å². The molecule has 1 aromatic heterocycles. The molecule has 0 unspecified atom stereocenters. The number of para-hydroxylation sites is 2. The molecule has 0 radical (unpaired) electrons. The Kier molecular flexibility index (Phi) is 4.79. The van der Waals surface area contributed by atoms with E-state index in [0.29, 0.717) is 36.8 Å². The fourth-order valence-corrected chi connectivity index (χ4v) is 2.57. The quantitative estimate of drug-likeness (QED) is 0.741. The molecule has 24 heavy (non-hydrogen) atoms. The fraction of sp³-hybridized carbons (Fsp3) is 0.263. The zero-order chi connectivity index (χ0) is 16.9. The molecule has 0 bridgehead atoms. The maximum atomic E-state index is 12.2. The highest BCUT2D eigenvalue weighted by Gasteiger charge is 2.09. The Morgan fingerprint density at radius 2 is 2.08 bits per heavy atom. The standard InChI is InChI=1S/C19H20N2O3/c1-3-23-17-7-5-4-6-15(17)21-19(22)11-9-14-8-10-18-16(12-14)20-13(2)24-18/h4-8,10,12H,3,9,11H2,1-2H3,(H,21,22). The van der Waals surface area contributed by atoms with Crippen LogP contribution in [0.4, 0.5) is 5.69 Å². The van der Waals surface area contributed by atoms with Crippen LogP contribution in [-0.2, 0) is 11.2 Å². The first-order valence-corrected chi connectivity index (χ1v) is 8.03. The zero-order valence-corrected chi connectivity index (χ0v) is 13.8. The van der Waals surface area contributed by atoms with Crippen LogP contribution >= 0.6 is 0 Å². The fourth-order valence-electron chi connectivity index (χ4n) is 2.57. The second-order valence-corrected chi connectivity index (χ2v) is 5.51. The van der Waals surface area contributed by atoms with Crippen LogP contribution in [0.15, 0.2) is 46.9 Å². The van der Waals surface area contributed by atoms with Crippen LogP contribution in [0.25, 0.3) is 11.1 Å². The lowest BCUT2D eigenvalue weighted by Gasteiger charge is -2.11. The van der Waals surface area contributed by atoms with Crippen LogP contribution in [0, 0.1) is 6.92 Å². The van der Waals surface area contributed by atoms with Gasteiger partial charge in [0.2, 0.25) is 5.91 Å². The molecule has 0 aliphatic rings. The van der Waals surface area contributed by atoms with E-state index in [1.807, 2.05) is 56.3 Å². The van der Waals surface area contributed by atoms with E-state index >= 15 is 0 Å². The van der Waals surface area contributed by atoms with Crippen LogP contribution in [0.3, 0.4) is 0 Å². The van der Waals surface area contributed by atoms with Crippen molar-refractivity contribution < 1.29 is 13.9 Å². The Hall–Kier alpha value is -2.82. The van der Waals surface area contributed by atoms with Crippen molar-refractivity contribution in [3.63, 3.8) is 0 Å². The van der Waals surface area contributed by atoms with Crippen LogP contribution < -0.4 is 10.1 Å². The summed E-state index contributed by atoms with van der Waals surface area (Å²) in [7, 11) is 0. The van der Waals surface area contributed by atoms with E-state index in [0.717, 1.165) is 16.7 Å². The largest absolute Gasteiger partial charge is 0.492 e. The van der Waals surface area contributed by atoms with Gasteiger partial charge in [0.25, 0.3) is 0 Å². The molecule has 5 heteroatoms. The highest BCUT2D eigenvalue weighted by atomic mass is 16.5. The average Bonchev–Trinajstić information content (AvgIpc) is 2.94. The molecule has 0 saturated carbocycles. The molecule has 1 heterocycles. The van der Waals surface area contributed by atoms with Gasteiger partial charge in [0.05, 0.1) is 12.3 Å². The summed E-state index contributed by atoms with van der Waals surface area (Å²) in [6, 6.07) is 13.3. The number of benzene rings is 2. The summed E-state index contributed by atoms with van der Waals surface area (Å²) in [6.45, 7) is 4.30. The Labute approximate surface area is 140 Å². The van der Waals surface area contributed by atoms with Crippen molar-refractivity contribution in [2.75, 3.05) is 11.9 Å². The number of nitrogens with one attached hydrogen (secondary N) is 1. The first kappa shape index (κ1) is 16.1. The lowest BCUT2D eigenvalue weighted by atomic mass is 10.1. The van der Waals surface area contributed by atoms with Gasteiger partial charge in [-0.3, -0.25) is 4.79 Å². The number of nitrogens with zero attached hydrogens (tertiary/aromatic N) is 1. The third-order valence-electron chi connectivity index (χ3n) is 3.66. The van der Waals surface area contributed by atoms with Crippen molar-refractivity contribution in [3.05, 3.63) is 53.9 Å². The summed E-state index contributed by atoms with van der Waals surface area (Å²) in [4.78, 5) is 16.5. The highest BCUT2D eigenvalue weighted by molar-refractivity contribution is 5.92. The van der Waals surface area contributed by atoms with E-state index in [1.54, 1.807) is 0 Å². The summed E-state index contributed by atoms with van der Waals surface area (Å²) in [5.74, 6) is 1.29. The van der Waals surface area contributed by atoms with Crippen molar-refractivity contribution in [2.24, 2.45) is 0 Å². The second-order valence-electron chi connectivity index (χ2n) is 5.51. The third-order valence-corrected chi connectivity index (χ3v) is 3.66. The molecule has 0 spiro atoms. The number of oxazole rings is 1. The van der Waals surface area contributed by atoms with E-state index < -0.39 is 0 Å². The van der Waals surface area contributed by atoms with Gasteiger partial charge in [0.1, 0.15) is 11.3 Å². The molecule has 0 saturated heterocycles. The first-order chi connectivity index (χ1) is 11.7. The number of amides is 1. The van der Waals surface area contributed by atoms with Crippen molar-refractivity contribution in [1.82, 2.24) is 4.98 Å². The number of fused-ring (bicyclic) bond motifs is 1. The number of carbonyl (C=O) groups excluding carboxylic acids is 1. The number of hydrogen-bond acceptors (Lipinski definition) is 4. The lowest BCUT2D eigenvalue weighted by Crippen LogP contribution is -2.13. The van der Waals surface area contributed by atoms with Gasteiger partial charge in [0, 0.05) is 13.3 Å². The smallest absolute Gasteiger partial charge is 0.224 e. The van der Waals surface area contributed by atoms with Crippen molar-refractivity contribution in [1.29, 1.82) is 0 Å². The van der Waals surface area contributed by atoms with Gasteiger partial charge in [-0.05, 0) is 43.2 Å². The van der Waals surface area contributed by atoms with Crippen LogP contribution in [0.2, 0.25) is 0 Å². The molecular weight excluding hydrogens is 304 g/mol. The SMILES string of the molecule is CCOc1ccccc1NC(=O)CCc1ccc2oc(C)nc2c1. The Bertz CT molecular complexity index is 855. The van der Waals surface area contributed by atoms with Crippen molar-refractivity contribution in [2.45, 2.75) is 26.7 Å². The molecule has 5 nitrogen and oxygen atoms in total. The minimum absolute atomic E-state index is 0.0430. The predicted molar refractivity (Wildman–Crippen MR) is 93.3 cm³/mol. The van der Waals surface area contributed by atoms with Gasteiger partial charge in [-0.1, -0.05) is 18.2 Å². The topological polar surface area (TPSA) is 64.4 Å². The van der Waals surface area contributed by atoms with Gasteiger partial charge in [-0.2, -0.15) is 0 Å². The van der Waals surface area contributed by atoms with Gasteiger partial charge < -0.3 is 14.5 Å². The molecular formula is C19H20N2O3. The molecule has 1 amide bonds. The first-order valence-electron chi connectivity index (χ1n) is 8.03. The molecule has 3 rings (SSSR count). The molecule has 0 aliphatic carbocycles. The summed E-state index contributed by atoms with van der Waals surface area (Å²) >= 11 is 0.